The summed E-state index contributed by atoms with van der Waals surface area (Å²) in [6, 6.07) is 4.26. The first-order valence-corrected chi connectivity index (χ1v) is 6.52. The first-order valence-electron chi connectivity index (χ1n) is 6.52. The number of benzene rings is 1. The largest absolute Gasteiger partial charge is 0.507 e. The molecule has 0 aliphatic heterocycles. The Morgan fingerprint density at radius 1 is 0.941 bits per heavy atom. The minimum absolute atomic E-state index is 0.0760. The molecule has 0 aliphatic rings. The van der Waals surface area contributed by atoms with Crippen LogP contribution in [0, 0.1) is 0 Å². The summed E-state index contributed by atoms with van der Waals surface area (Å²) in [6.45, 7) is 15.1. The van der Waals surface area contributed by atoms with Gasteiger partial charge in [-0.15, -0.1) is 0 Å². The highest BCUT2D eigenvalue weighted by atomic mass is 16.3. The van der Waals surface area contributed by atoms with Gasteiger partial charge in [-0.1, -0.05) is 60.6 Å². The van der Waals surface area contributed by atoms with E-state index in [4.69, 9.17) is 0 Å². The third kappa shape index (κ3) is 2.83. The highest BCUT2D eigenvalue weighted by Crippen LogP contribution is 2.40. The smallest absolute Gasteiger partial charge is 0.122 e. The fraction of sp³-hybridized carbons (Fsp3) is 0.625. The minimum Gasteiger partial charge on any atom is -0.507 e. The van der Waals surface area contributed by atoms with Gasteiger partial charge in [0.15, 0.2) is 0 Å². The Kier molecular flexibility index (Phi) is 3.91. The molecule has 0 heterocycles. The van der Waals surface area contributed by atoms with Crippen molar-refractivity contribution in [2.45, 2.75) is 65.7 Å². The van der Waals surface area contributed by atoms with Crippen LogP contribution in [0.25, 0.3) is 0 Å². The summed E-state index contributed by atoms with van der Waals surface area (Å²) in [5.41, 5.74) is 3.51. The van der Waals surface area contributed by atoms with Gasteiger partial charge in [0.25, 0.3) is 0 Å². The Balaban J connectivity index is 3.51. The average molecular weight is 234 g/mol. The lowest BCUT2D eigenvalue weighted by molar-refractivity contribution is 0.447. The van der Waals surface area contributed by atoms with Crippen LogP contribution in [0.4, 0.5) is 0 Å². The van der Waals surface area contributed by atoms with Gasteiger partial charge in [0.1, 0.15) is 5.75 Å². The van der Waals surface area contributed by atoms with E-state index in [2.05, 4.69) is 60.6 Å². The molecule has 0 bridgehead atoms. The Hall–Kier alpha value is -0.980. The molecule has 1 heteroatoms. The molecule has 17 heavy (non-hydrogen) atoms. The lowest BCUT2D eigenvalue weighted by Gasteiger charge is -2.27. The van der Waals surface area contributed by atoms with Crippen LogP contribution in [0.1, 0.15) is 77.0 Å². The minimum atomic E-state index is 0.0760. The fourth-order valence-corrected chi connectivity index (χ4v) is 2.33. The van der Waals surface area contributed by atoms with Gasteiger partial charge < -0.3 is 5.11 Å². The standard InChI is InChI=1S/C16H26O/c1-10(2)12-8-9-13(16(5,6)7)14(11(3)4)15(12)17/h8-11,17H,1-7H3. The summed E-state index contributed by atoms with van der Waals surface area (Å²) < 4.78 is 0. The molecule has 1 aromatic rings. The molecular formula is C16H26O. The zero-order valence-corrected chi connectivity index (χ0v) is 12.3. The quantitative estimate of drug-likeness (QED) is 0.768. The predicted molar refractivity (Wildman–Crippen MR) is 75.0 cm³/mol. The normalized spacial score (nSPS) is 12.5. The van der Waals surface area contributed by atoms with Crippen molar-refractivity contribution in [1.82, 2.24) is 0 Å². The van der Waals surface area contributed by atoms with Gasteiger partial charge in [0.05, 0.1) is 0 Å². The molecule has 1 rings (SSSR count). The molecule has 0 aromatic heterocycles. The summed E-state index contributed by atoms with van der Waals surface area (Å²) in [7, 11) is 0. The SMILES string of the molecule is CC(C)c1ccc(C(C)(C)C)c(C(C)C)c1O. The van der Waals surface area contributed by atoms with Crippen molar-refractivity contribution in [3.05, 3.63) is 28.8 Å². The van der Waals surface area contributed by atoms with E-state index < -0.39 is 0 Å². The van der Waals surface area contributed by atoms with Crippen LogP contribution < -0.4 is 0 Å². The summed E-state index contributed by atoms with van der Waals surface area (Å²) >= 11 is 0. The van der Waals surface area contributed by atoms with E-state index in [-0.39, 0.29) is 5.41 Å². The number of hydrogen-bond donors (Lipinski definition) is 1. The van der Waals surface area contributed by atoms with Crippen LogP contribution in [-0.2, 0) is 5.41 Å². The number of rotatable bonds is 2. The molecule has 0 saturated heterocycles. The van der Waals surface area contributed by atoms with Crippen LogP contribution in [0.5, 0.6) is 5.75 Å². The van der Waals surface area contributed by atoms with Crippen LogP contribution in [0.3, 0.4) is 0 Å². The van der Waals surface area contributed by atoms with Crippen LogP contribution in [-0.4, -0.2) is 5.11 Å². The zero-order valence-electron chi connectivity index (χ0n) is 12.3. The van der Waals surface area contributed by atoms with Crippen molar-refractivity contribution in [2.24, 2.45) is 0 Å². The van der Waals surface area contributed by atoms with Crippen molar-refractivity contribution >= 4 is 0 Å². The van der Waals surface area contributed by atoms with E-state index in [0.717, 1.165) is 11.1 Å². The van der Waals surface area contributed by atoms with Crippen LogP contribution in [0.2, 0.25) is 0 Å². The van der Waals surface area contributed by atoms with E-state index in [1.165, 1.54) is 5.56 Å². The lowest BCUT2D eigenvalue weighted by atomic mass is 9.78. The average Bonchev–Trinajstić information content (AvgIpc) is 2.14. The molecule has 0 aliphatic carbocycles. The number of phenolic OH excluding ortho intramolecular Hbond substituents is 1. The molecule has 1 nitrogen and oxygen atoms in total. The summed E-state index contributed by atoms with van der Waals surface area (Å²) in [5.74, 6) is 1.21. The molecule has 0 unspecified atom stereocenters. The maximum Gasteiger partial charge on any atom is 0.122 e. The molecule has 0 fully saturated rings. The topological polar surface area (TPSA) is 20.2 Å². The van der Waals surface area contributed by atoms with E-state index in [9.17, 15) is 5.11 Å². The monoisotopic (exact) mass is 234 g/mol. The van der Waals surface area contributed by atoms with Crippen molar-refractivity contribution in [1.29, 1.82) is 0 Å². The van der Waals surface area contributed by atoms with Gasteiger partial charge in [0, 0.05) is 5.56 Å². The van der Waals surface area contributed by atoms with Crippen molar-refractivity contribution < 1.29 is 5.11 Å². The van der Waals surface area contributed by atoms with E-state index in [0.29, 0.717) is 17.6 Å². The van der Waals surface area contributed by atoms with Gasteiger partial charge in [-0.25, -0.2) is 0 Å². The van der Waals surface area contributed by atoms with Gasteiger partial charge >= 0.3 is 0 Å². The Bertz CT molecular complexity index is 395. The third-order valence-electron chi connectivity index (χ3n) is 3.26. The van der Waals surface area contributed by atoms with Crippen LogP contribution in [0.15, 0.2) is 12.1 Å². The zero-order chi connectivity index (χ0) is 13.4. The van der Waals surface area contributed by atoms with E-state index in [1.54, 1.807) is 0 Å². The molecule has 0 radical (unpaired) electrons. The van der Waals surface area contributed by atoms with Crippen LogP contribution >= 0.6 is 0 Å². The van der Waals surface area contributed by atoms with Gasteiger partial charge in [-0.3, -0.25) is 0 Å². The summed E-state index contributed by atoms with van der Waals surface area (Å²) in [6.07, 6.45) is 0. The van der Waals surface area contributed by atoms with Gasteiger partial charge in [-0.2, -0.15) is 0 Å². The second-order valence-electron chi connectivity index (χ2n) is 6.52. The number of hydrogen-bond acceptors (Lipinski definition) is 1. The number of phenols is 1. The predicted octanol–water partition coefficient (Wildman–Crippen LogP) is 4.94. The number of aromatic hydroxyl groups is 1. The molecule has 96 valence electrons. The first kappa shape index (κ1) is 14.1. The maximum atomic E-state index is 10.5. The van der Waals surface area contributed by atoms with Crippen molar-refractivity contribution in [3.63, 3.8) is 0 Å². The molecule has 1 N–H and O–H groups in total. The Morgan fingerprint density at radius 3 is 1.82 bits per heavy atom. The molecule has 1 aromatic carbocycles. The van der Waals surface area contributed by atoms with Crippen molar-refractivity contribution in [3.8, 4) is 5.75 Å². The molecule has 0 saturated carbocycles. The van der Waals surface area contributed by atoms with Crippen molar-refractivity contribution in [2.75, 3.05) is 0 Å². The lowest BCUT2D eigenvalue weighted by Crippen LogP contribution is -2.15. The van der Waals surface area contributed by atoms with E-state index in [1.807, 2.05) is 0 Å². The molecule has 0 spiro atoms. The third-order valence-corrected chi connectivity index (χ3v) is 3.26. The summed E-state index contributed by atoms with van der Waals surface area (Å²) in [4.78, 5) is 0. The Labute approximate surface area is 106 Å². The molecular weight excluding hydrogens is 208 g/mol. The van der Waals surface area contributed by atoms with Gasteiger partial charge in [0.2, 0.25) is 0 Å². The molecule has 0 atom stereocenters. The second-order valence-corrected chi connectivity index (χ2v) is 6.52. The molecule has 0 amide bonds. The highest BCUT2D eigenvalue weighted by molar-refractivity contribution is 5.50. The highest BCUT2D eigenvalue weighted by Gasteiger charge is 2.24. The van der Waals surface area contributed by atoms with E-state index >= 15 is 0 Å². The Morgan fingerprint density at radius 2 is 1.47 bits per heavy atom. The second kappa shape index (κ2) is 4.72. The first-order chi connectivity index (χ1) is 7.66. The summed E-state index contributed by atoms with van der Waals surface area (Å²) in [5, 5.41) is 10.5. The maximum absolute atomic E-state index is 10.5. The fourth-order valence-electron chi connectivity index (χ4n) is 2.33. The van der Waals surface area contributed by atoms with Gasteiger partial charge in [-0.05, 0) is 28.4 Å².